The summed E-state index contributed by atoms with van der Waals surface area (Å²) in [6.45, 7) is 10.4. The van der Waals surface area contributed by atoms with E-state index in [0.717, 1.165) is 37.4 Å². The van der Waals surface area contributed by atoms with Crippen molar-refractivity contribution in [3.8, 4) is 0 Å². The number of nitrogens with one attached hydrogen (secondary N) is 2. The van der Waals surface area contributed by atoms with Gasteiger partial charge in [0.05, 0.1) is 15.2 Å². The third kappa shape index (κ3) is 6.55. The Morgan fingerprint density at radius 3 is 2.67 bits per heavy atom. The number of rotatable bonds is 7. The van der Waals surface area contributed by atoms with Crippen LogP contribution in [0.5, 0.6) is 0 Å². The first-order valence-electron chi connectivity index (χ1n) is 8.49. The lowest BCUT2D eigenvalue weighted by atomic mass is 10.1. The number of hydrogen-bond acceptors (Lipinski definition) is 3. The Hall–Kier alpha value is -0.890. The number of aliphatic imine (C=N–C) groups is 1. The SMILES string of the molecule is CCNC(=NCCCc1nc2ccccc2s1)NC(C)C(C)C.I. The zero-order chi connectivity index (χ0) is 16.7. The number of para-hydroxylation sites is 1. The van der Waals surface area contributed by atoms with Gasteiger partial charge in [-0.05, 0) is 38.3 Å². The van der Waals surface area contributed by atoms with E-state index in [4.69, 9.17) is 0 Å². The second-order valence-electron chi connectivity index (χ2n) is 6.12. The summed E-state index contributed by atoms with van der Waals surface area (Å²) in [6, 6.07) is 8.74. The highest BCUT2D eigenvalue weighted by Gasteiger charge is 2.08. The van der Waals surface area contributed by atoms with Gasteiger partial charge in [0.25, 0.3) is 0 Å². The molecule has 0 saturated heterocycles. The molecule has 1 heterocycles. The molecule has 1 aromatic heterocycles. The molecule has 0 spiro atoms. The molecule has 0 aliphatic carbocycles. The first kappa shape index (κ1) is 21.2. The number of thiazole rings is 1. The smallest absolute Gasteiger partial charge is 0.191 e. The molecule has 1 unspecified atom stereocenters. The Balaban J connectivity index is 0.00000288. The summed E-state index contributed by atoms with van der Waals surface area (Å²) >= 11 is 1.79. The molecule has 0 aliphatic heterocycles. The number of aromatic nitrogens is 1. The Bertz CT molecular complexity index is 606. The van der Waals surface area contributed by atoms with Gasteiger partial charge >= 0.3 is 0 Å². The molecule has 2 N–H and O–H groups in total. The molecule has 0 saturated carbocycles. The highest BCUT2D eigenvalue weighted by molar-refractivity contribution is 14.0. The van der Waals surface area contributed by atoms with Gasteiger partial charge in [-0.3, -0.25) is 4.99 Å². The van der Waals surface area contributed by atoms with Crippen LogP contribution in [-0.2, 0) is 6.42 Å². The van der Waals surface area contributed by atoms with E-state index in [-0.39, 0.29) is 24.0 Å². The number of aryl methyl sites for hydroxylation is 1. The maximum atomic E-state index is 4.68. The monoisotopic (exact) mass is 460 g/mol. The van der Waals surface area contributed by atoms with Gasteiger partial charge in [0.1, 0.15) is 0 Å². The summed E-state index contributed by atoms with van der Waals surface area (Å²) in [7, 11) is 0. The van der Waals surface area contributed by atoms with Crippen LogP contribution in [0.25, 0.3) is 10.2 Å². The van der Waals surface area contributed by atoms with Gasteiger partial charge in [0.15, 0.2) is 5.96 Å². The van der Waals surface area contributed by atoms with E-state index in [9.17, 15) is 0 Å². The topological polar surface area (TPSA) is 49.3 Å². The molecule has 0 radical (unpaired) electrons. The van der Waals surface area contributed by atoms with Crippen molar-refractivity contribution in [2.24, 2.45) is 10.9 Å². The van der Waals surface area contributed by atoms with Crippen molar-refractivity contribution in [1.82, 2.24) is 15.6 Å². The molecule has 1 aromatic carbocycles. The molecule has 1 atom stereocenters. The highest BCUT2D eigenvalue weighted by Crippen LogP contribution is 2.22. The average molecular weight is 460 g/mol. The summed E-state index contributed by atoms with van der Waals surface area (Å²) in [5.41, 5.74) is 1.11. The molecule has 0 amide bonds. The summed E-state index contributed by atoms with van der Waals surface area (Å²) in [5.74, 6) is 1.50. The van der Waals surface area contributed by atoms with E-state index >= 15 is 0 Å². The fourth-order valence-corrected chi connectivity index (χ4v) is 3.16. The molecule has 0 fully saturated rings. The average Bonchev–Trinajstić information content (AvgIpc) is 2.94. The van der Waals surface area contributed by atoms with Crippen LogP contribution in [0.4, 0.5) is 0 Å². The molecule has 4 nitrogen and oxygen atoms in total. The minimum absolute atomic E-state index is 0. The molecule has 0 bridgehead atoms. The lowest BCUT2D eigenvalue weighted by Crippen LogP contribution is -2.44. The Labute approximate surface area is 166 Å². The largest absolute Gasteiger partial charge is 0.357 e. The van der Waals surface area contributed by atoms with Gasteiger partial charge in [0.2, 0.25) is 0 Å². The number of benzene rings is 1. The molecule has 6 heteroatoms. The van der Waals surface area contributed by atoms with Gasteiger partial charge in [-0.2, -0.15) is 0 Å². The van der Waals surface area contributed by atoms with Crippen molar-refractivity contribution in [1.29, 1.82) is 0 Å². The van der Waals surface area contributed by atoms with E-state index in [2.05, 4.69) is 66.5 Å². The van der Waals surface area contributed by atoms with Gasteiger partial charge in [-0.15, -0.1) is 35.3 Å². The minimum atomic E-state index is 0. The number of halogens is 1. The predicted octanol–water partition coefficient (Wildman–Crippen LogP) is 4.45. The first-order chi connectivity index (χ1) is 11.1. The van der Waals surface area contributed by atoms with Crippen LogP contribution < -0.4 is 10.6 Å². The van der Waals surface area contributed by atoms with Crippen LogP contribution in [0.1, 0.15) is 39.1 Å². The van der Waals surface area contributed by atoms with Crippen molar-refractivity contribution in [2.75, 3.05) is 13.1 Å². The summed E-state index contributed by atoms with van der Waals surface area (Å²) in [6.07, 6.45) is 2.01. The van der Waals surface area contributed by atoms with Gasteiger partial charge < -0.3 is 10.6 Å². The predicted molar refractivity (Wildman–Crippen MR) is 117 cm³/mol. The molecular weight excluding hydrogens is 431 g/mol. The number of fused-ring (bicyclic) bond motifs is 1. The third-order valence-corrected chi connectivity index (χ3v) is 4.96. The summed E-state index contributed by atoms with van der Waals surface area (Å²) < 4.78 is 1.27. The minimum Gasteiger partial charge on any atom is -0.357 e. The lowest BCUT2D eigenvalue weighted by molar-refractivity contribution is 0.481. The molecule has 2 rings (SSSR count). The van der Waals surface area contributed by atoms with Crippen molar-refractivity contribution in [3.63, 3.8) is 0 Å². The van der Waals surface area contributed by atoms with E-state index < -0.39 is 0 Å². The van der Waals surface area contributed by atoms with E-state index in [1.54, 1.807) is 11.3 Å². The van der Waals surface area contributed by atoms with Crippen LogP contribution in [0, 0.1) is 5.92 Å². The zero-order valence-electron chi connectivity index (χ0n) is 15.0. The van der Waals surface area contributed by atoms with E-state index in [1.807, 2.05) is 6.07 Å². The highest BCUT2D eigenvalue weighted by atomic mass is 127. The number of hydrogen-bond donors (Lipinski definition) is 2. The Kier molecular flexibility index (Phi) is 9.58. The molecule has 2 aromatic rings. The van der Waals surface area contributed by atoms with Gasteiger partial charge in [0, 0.05) is 25.6 Å². The van der Waals surface area contributed by atoms with Crippen LogP contribution in [0.15, 0.2) is 29.3 Å². The fourth-order valence-electron chi connectivity index (χ4n) is 2.15. The second kappa shape index (κ2) is 10.9. The van der Waals surface area contributed by atoms with Crippen LogP contribution in [0.3, 0.4) is 0 Å². The summed E-state index contributed by atoms with van der Waals surface area (Å²) in [4.78, 5) is 9.35. The normalized spacial score (nSPS) is 13.0. The van der Waals surface area contributed by atoms with Crippen LogP contribution in [-0.4, -0.2) is 30.1 Å². The van der Waals surface area contributed by atoms with Crippen LogP contribution >= 0.6 is 35.3 Å². The van der Waals surface area contributed by atoms with E-state index in [0.29, 0.717) is 12.0 Å². The van der Waals surface area contributed by atoms with E-state index in [1.165, 1.54) is 9.71 Å². The van der Waals surface area contributed by atoms with Gasteiger partial charge in [-0.1, -0.05) is 26.0 Å². The lowest BCUT2D eigenvalue weighted by Gasteiger charge is -2.20. The third-order valence-electron chi connectivity index (χ3n) is 3.87. The van der Waals surface area contributed by atoms with Crippen molar-refractivity contribution < 1.29 is 0 Å². The summed E-state index contributed by atoms with van der Waals surface area (Å²) in [5, 5.41) is 7.98. The maximum Gasteiger partial charge on any atom is 0.191 e. The number of guanidine groups is 1. The van der Waals surface area contributed by atoms with Crippen molar-refractivity contribution in [2.45, 2.75) is 46.6 Å². The maximum absolute atomic E-state index is 4.68. The fraction of sp³-hybridized carbons (Fsp3) is 0.556. The first-order valence-corrected chi connectivity index (χ1v) is 9.31. The molecule has 24 heavy (non-hydrogen) atoms. The standard InChI is InChI=1S/C18H28N4S.HI/c1-5-19-18(21-14(4)13(2)3)20-12-8-11-17-22-15-9-6-7-10-16(15)23-17;/h6-7,9-10,13-14H,5,8,11-12H2,1-4H3,(H2,19,20,21);1H. The van der Waals surface area contributed by atoms with Crippen molar-refractivity contribution in [3.05, 3.63) is 29.3 Å². The van der Waals surface area contributed by atoms with Crippen LogP contribution in [0.2, 0.25) is 0 Å². The quantitative estimate of drug-likeness (QED) is 0.278. The number of nitrogens with zero attached hydrogens (tertiary/aromatic N) is 2. The van der Waals surface area contributed by atoms with Gasteiger partial charge in [-0.25, -0.2) is 4.98 Å². The Morgan fingerprint density at radius 2 is 2.00 bits per heavy atom. The molecule has 0 aliphatic rings. The second-order valence-corrected chi connectivity index (χ2v) is 7.23. The van der Waals surface area contributed by atoms with Crippen molar-refractivity contribution >= 4 is 51.5 Å². The Morgan fingerprint density at radius 1 is 1.25 bits per heavy atom. The zero-order valence-corrected chi connectivity index (χ0v) is 18.2. The molecule has 134 valence electrons. The molecular formula is C18H29IN4S.